The van der Waals surface area contributed by atoms with Crippen LogP contribution in [0.15, 0.2) is 24.3 Å². The molecular formula is C15H22O3. The summed E-state index contributed by atoms with van der Waals surface area (Å²) in [6, 6.07) is 0. The number of carboxylic acids is 1. The summed E-state index contributed by atoms with van der Waals surface area (Å²) in [7, 11) is 0. The molecule has 3 nitrogen and oxygen atoms in total. The van der Waals surface area contributed by atoms with Gasteiger partial charge in [0.2, 0.25) is 0 Å². The minimum absolute atomic E-state index is 0.0626. The Kier molecular flexibility index (Phi) is 3.37. The zero-order valence-electron chi connectivity index (χ0n) is 11.0. The van der Waals surface area contributed by atoms with E-state index in [1.54, 1.807) is 0 Å². The molecule has 0 aliphatic heterocycles. The molecule has 0 unspecified atom stereocenters. The average molecular weight is 250 g/mol. The molecule has 4 atom stereocenters. The van der Waals surface area contributed by atoms with Crippen LogP contribution >= 0.6 is 0 Å². The Balaban J connectivity index is 2.16. The van der Waals surface area contributed by atoms with Gasteiger partial charge in [-0.1, -0.05) is 25.7 Å². The number of aliphatic hydroxyl groups excluding tert-OH is 1. The summed E-state index contributed by atoms with van der Waals surface area (Å²) in [5, 5.41) is 18.9. The van der Waals surface area contributed by atoms with Gasteiger partial charge >= 0.3 is 5.97 Å². The second kappa shape index (κ2) is 4.54. The summed E-state index contributed by atoms with van der Waals surface area (Å²) < 4.78 is 0. The molecule has 2 fully saturated rings. The Morgan fingerprint density at radius 3 is 2.78 bits per heavy atom. The van der Waals surface area contributed by atoms with Gasteiger partial charge in [0.05, 0.1) is 6.10 Å². The highest BCUT2D eigenvalue weighted by Gasteiger charge is 2.46. The second-order valence-corrected chi connectivity index (χ2v) is 6.23. The van der Waals surface area contributed by atoms with Gasteiger partial charge in [0.1, 0.15) is 0 Å². The van der Waals surface area contributed by atoms with Crippen molar-refractivity contribution in [2.75, 3.05) is 0 Å². The van der Waals surface area contributed by atoms with E-state index in [0.29, 0.717) is 17.9 Å². The molecule has 0 bridgehead atoms. The minimum Gasteiger partial charge on any atom is -0.478 e. The van der Waals surface area contributed by atoms with Crippen LogP contribution in [0.25, 0.3) is 0 Å². The topological polar surface area (TPSA) is 57.5 Å². The quantitative estimate of drug-likeness (QED) is 0.585. The lowest BCUT2D eigenvalue weighted by molar-refractivity contribution is -0.133. The maximum Gasteiger partial charge on any atom is 0.331 e. The number of aliphatic hydroxyl groups is 1. The molecule has 0 heterocycles. The Bertz CT molecular complexity index is 399. The highest BCUT2D eigenvalue weighted by atomic mass is 16.4. The second-order valence-electron chi connectivity index (χ2n) is 6.23. The van der Waals surface area contributed by atoms with Crippen molar-refractivity contribution in [1.82, 2.24) is 0 Å². The van der Waals surface area contributed by atoms with Crippen molar-refractivity contribution in [2.45, 2.75) is 45.1 Å². The van der Waals surface area contributed by atoms with Gasteiger partial charge in [-0.25, -0.2) is 4.79 Å². The van der Waals surface area contributed by atoms with E-state index in [2.05, 4.69) is 20.1 Å². The van der Waals surface area contributed by atoms with Gasteiger partial charge in [-0.05, 0) is 49.4 Å². The van der Waals surface area contributed by atoms with Crippen LogP contribution in [-0.4, -0.2) is 22.3 Å². The molecule has 2 aliphatic carbocycles. The molecule has 2 aliphatic rings. The first kappa shape index (κ1) is 13.3. The van der Waals surface area contributed by atoms with E-state index in [1.807, 2.05) is 0 Å². The lowest BCUT2D eigenvalue weighted by atomic mass is 9.55. The van der Waals surface area contributed by atoms with Gasteiger partial charge in [-0.15, -0.1) is 0 Å². The average Bonchev–Trinajstić information content (AvgIpc) is 2.26. The maximum absolute atomic E-state index is 11.0. The highest BCUT2D eigenvalue weighted by molar-refractivity contribution is 5.86. The molecule has 0 spiro atoms. The van der Waals surface area contributed by atoms with Gasteiger partial charge in [-0.3, -0.25) is 0 Å². The minimum atomic E-state index is -0.884. The third-order valence-electron chi connectivity index (χ3n) is 4.89. The Morgan fingerprint density at radius 2 is 2.17 bits per heavy atom. The molecule has 0 aromatic carbocycles. The van der Waals surface area contributed by atoms with Gasteiger partial charge in [0, 0.05) is 5.57 Å². The first-order chi connectivity index (χ1) is 8.33. The molecule has 0 aromatic rings. The van der Waals surface area contributed by atoms with Gasteiger partial charge in [0.25, 0.3) is 0 Å². The van der Waals surface area contributed by atoms with E-state index in [4.69, 9.17) is 5.11 Å². The maximum atomic E-state index is 11.0. The number of rotatable bonds is 2. The van der Waals surface area contributed by atoms with Crippen molar-refractivity contribution in [2.24, 2.45) is 17.3 Å². The molecule has 18 heavy (non-hydrogen) atoms. The van der Waals surface area contributed by atoms with Crippen molar-refractivity contribution < 1.29 is 15.0 Å². The zero-order chi connectivity index (χ0) is 13.5. The van der Waals surface area contributed by atoms with E-state index in [0.717, 1.165) is 31.3 Å². The first-order valence-corrected chi connectivity index (χ1v) is 6.61. The molecule has 0 radical (unpaired) electrons. The molecule has 0 amide bonds. The lowest BCUT2D eigenvalue weighted by Crippen LogP contribution is -2.43. The SMILES string of the molecule is C=C(C(=O)O)[C@@H]1CC[C@]2(C)C[C@@H](O)CC(=C)[C@@H]2C1. The largest absolute Gasteiger partial charge is 0.478 e. The van der Waals surface area contributed by atoms with Crippen LogP contribution in [0.1, 0.15) is 39.0 Å². The van der Waals surface area contributed by atoms with E-state index >= 15 is 0 Å². The van der Waals surface area contributed by atoms with E-state index in [1.165, 1.54) is 0 Å². The molecule has 0 saturated heterocycles. The van der Waals surface area contributed by atoms with Crippen LogP contribution in [0.3, 0.4) is 0 Å². The van der Waals surface area contributed by atoms with Crippen molar-refractivity contribution in [3.63, 3.8) is 0 Å². The Hall–Kier alpha value is -1.09. The summed E-state index contributed by atoms with van der Waals surface area (Å²) in [6.45, 7) is 9.99. The standard InChI is InChI=1S/C15H22O3/c1-9-6-12(16)8-15(3)5-4-11(7-13(9)15)10(2)14(17)18/h11-13,16H,1-2,4-8H2,3H3,(H,17,18)/t11-,12+,13+,15-/m1/s1. The summed E-state index contributed by atoms with van der Waals surface area (Å²) in [4.78, 5) is 11.0. The van der Waals surface area contributed by atoms with E-state index < -0.39 is 5.97 Å². The molecular weight excluding hydrogens is 228 g/mol. The van der Waals surface area contributed by atoms with E-state index in [9.17, 15) is 9.90 Å². The van der Waals surface area contributed by atoms with Crippen molar-refractivity contribution in [3.8, 4) is 0 Å². The third kappa shape index (κ3) is 2.24. The number of carboxylic acid groups (broad SMARTS) is 1. The summed E-state index contributed by atoms with van der Waals surface area (Å²) in [5.41, 5.74) is 1.50. The number of carbonyl (C=O) groups is 1. The smallest absolute Gasteiger partial charge is 0.331 e. The monoisotopic (exact) mass is 250 g/mol. The van der Waals surface area contributed by atoms with Gasteiger partial charge in [-0.2, -0.15) is 0 Å². The number of hydrogen-bond acceptors (Lipinski definition) is 2. The number of fused-ring (bicyclic) bond motifs is 1. The normalized spacial score (nSPS) is 40.1. The molecule has 2 rings (SSSR count). The Labute approximate surface area is 108 Å². The van der Waals surface area contributed by atoms with Gasteiger partial charge in [0.15, 0.2) is 0 Å². The summed E-state index contributed by atoms with van der Waals surface area (Å²) in [5.74, 6) is -0.492. The van der Waals surface area contributed by atoms with Crippen molar-refractivity contribution in [1.29, 1.82) is 0 Å². The lowest BCUT2D eigenvalue weighted by Gasteiger charge is -2.50. The fourth-order valence-corrected chi connectivity index (χ4v) is 3.82. The fourth-order valence-electron chi connectivity index (χ4n) is 3.82. The molecule has 100 valence electrons. The first-order valence-electron chi connectivity index (χ1n) is 6.61. The predicted octanol–water partition coefficient (Wildman–Crippen LogP) is 2.76. The predicted molar refractivity (Wildman–Crippen MR) is 70.1 cm³/mol. The van der Waals surface area contributed by atoms with Crippen LogP contribution in [0.5, 0.6) is 0 Å². The summed E-state index contributed by atoms with van der Waals surface area (Å²) >= 11 is 0. The highest BCUT2D eigenvalue weighted by Crippen LogP contribution is 2.54. The van der Waals surface area contributed by atoms with Gasteiger partial charge < -0.3 is 10.2 Å². The molecule has 3 heteroatoms. The van der Waals surface area contributed by atoms with Crippen LogP contribution in [0.2, 0.25) is 0 Å². The van der Waals surface area contributed by atoms with Crippen LogP contribution in [0.4, 0.5) is 0 Å². The number of aliphatic carboxylic acids is 1. The van der Waals surface area contributed by atoms with Crippen LogP contribution < -0.4 is 0 Å². The molecule has 0 aromatic heterocycles. The zero-order valence-corrected chi connectivity index (χ0v) is 11.0. The van der Waals surface area contributed by atoms with E-state index in [-0.39, 0.29) is 17.4 Å². The number of hydrogen-bond donors (Lipinski definition) is 2. The molecule has 2 saturated carbocycles. The fraction of sp³-hybridized carbons (Fsp3) is 0.667. The molecule has 2 N–H and O–H groups in total. The van der Waals surface area contributed by atoms with Crippen molar-refractivity contribution in [3.05, 3.63) is 24.3 Å². The Morgan fingerprint density at radius 1 is 1.50 bits per heavy atom. The van der Waals surface area contributed by atoms with Crippen LogP contribution in [0, 0.1) is 17.3 Å². The van der Waals surface area contributed by atoms with Crippen LogP contribution in [-0.2, 0) is 4.79 Å². The third-order valence-corrected chi connectivity index (χ3v) is 4.89. The summed E-state index contributed by atoms with van der Waals surface area (Å²) in [6.07, 6.45) is 3.82. The van der Waals surface area contributed by atoms with Crippen molar-refractivity contribution >= 4 is 5.97 Å².